The van der Waals surface area contributed by atoms with Crippen LogP contribution in [0.15, 0.2) is 18.2 Å². The first-order valence-corrected chi connectivity index (χ1v) is 6.89. The highest BCUT2D eigenvalue weighted by Gasteiger charge is 2.15. The van der Waals surface area contributed by atoms with Crippen molar-refractivity contribution in [2.45, 2.75) is 0 Å². The Balaban J connectivity index is 2.36. The third kappa shape index (κ3) is 6.52. The van der Waals surface area contributed by atoms with Gasteiger partial charge in [0.05, 0.1) is 11.6 Å². The predicted octanol–water partition coefficient (Wildman–Crippen LogP) is 0.606. The molecule has 1 aromatic carbocycles. The SMILES string of the molecule is CNC(=O)CN(C)C(=O)COC(=O)COc1ccc(F)cc1Cl. The Labute approximate surface area is 137 Å². The summed E-state index contributed by atoms with van der Waals surface area (Å²) >= 11 is 5.73. The van der Waals surface area contributed by atoms with Crippen molar-refractivity contribution in [3.05, 3.63) is 29.0 Å². The summed E-state index contributed by atoms with van der Waals surface area (Å²) < 4.78 is 22.6. The average molecular weight is 347 g/mol. The van der Waals surface area contributed by atoms with E-state index in [9.17, 15) is 18.8 Å². The molecule has 0 aromatic heterocycles. The predicted molar refractivity (Wildman–Crippen MR) is 79.6 cm³/mol. The van der Waals surface area contributed by atoms with Gasteiger partial charge >= 0.3 is 5.97 Å². The molecular formula is C14H16ClFN2O5. The molecule has 0 unspecified atom stereocenters. The Hall–Kier alpha value is -2.35. The molecule has 0 aliphatic heterocycles. The van der Waals surface area contributed by atoms with Crippen molar-refractivity contribution in [2.75, 3.05) is 33.9 Å². The smallest absolute Gasteiger partial charge is 0.344 e. The highest BCUT2D eigenvalue weighted by Crippen LogP contribution is 2.24. The fourth-order valence-corrected chi connectivity index (χ4v) is 1.63. The Morgan fingerprint density at radius 3 is 2.61 bits per heavy atom. The van der Waals surface area contributed by atoms with Crippen LogP contribution >= 0.6 is 11.6 Å². The zero-order valence-corrected chi connectivity index (χ0v) is 13.4. The van der Waals surface area contributed by atoms with Crippen molar-refractivity contribution in [3.8, 4) is 5.75 Å². The van der Waals surface area contributed by atoms with Gasteiger partial charge in [-0.1, -0.05) is 11.6 Å². The molecule has 2 amide bonds. The lowest BCUT2D eigenvalue weighted by Gasteiger charge is -2.16. The number of likely N-dealkylation sites (N-methyl/N-ethyl adjacent to an activating group) is 2. The molecule has 23 heavy (non-hydrogen) atoms. The van der Waals surface area contributed by atoms with Gasteiger partial charge in [-0.05, 0) is 18.2 Å². The second-order valence-corrected chi connectivity index (χ2v) is 4.85. The largest absolute Gasteiger partial charge is 0.480 e. The summed E-state index contributed by atoms with van der Waals surface area (Å²) in [6.45, 7) is -1.15. The molecule has 1 rings (SSSR count). The Kier molecular flexibility index (Phi) is 7.27. The summed E-state index contributed by atoms with van der Waals surface area (Å²) in [6.07, 6.45) is 0. The van der Waals surface area contributed by atoms with Crippen LogP contribution in [0.5, 0.6) is 5.75 Å². The lowest BCUT2D eigenvalue weighted by atomic mass is 10.3. The van der Waals surface area contributed by atoms with E-state index in [-0.39, 0.29) is 23.2 Å². The maximum atomic E-state index is 12.8. The fourth-order valence-electron chi connectivity index (χ4n) is 1.41. The van der Waals surface area contributed by atoms with E-state index in [0.29, 0.717) is 0 Å². The molecule has 7 nitrogen and oxygen atoms in total. The molecule has 1 N–H and O–H groups in total. The standard InChI is InChI=1S/C14H16ClFN2O5/c1-17-12(19)6-18(2)13(20)7-23-14(21)8-22-11-4-3-9(16)5-10(11)15/h3-5H,6-8H2,1-2H3,(H,17,19). The van der Waals surface area contributed by atoms with Crippen molar-refractivity contribution < 1.29 is 28.2 Å². The maximum absolute atomic E-state index is 12.8. The van der Waals surface area contributed by atoms with Gasteiger partial charge < -0.3 is 19.7 Å². The minimum Gasteiger partial charge on any atom is -0.480 e. The third-order valence-corrected chi connectivity index (χ3v) is 2.98. The van der Waals surface area contributed by atoms with Crippen LogP contribution in [-0.2, 0) is 19.1 Å². The van der Waals surface area contributed by atoms with Gasteiger partial charge in [-0.3, -0.25) is 9.59 Å². The molecule has 9 heteroatoms. The van der Waals surface area contributed by atoms with Crippen molar-refractivity contribution in [1.82, 2.24) is 10.2 Å². The van der Waals surface area contributed by atoms with Crippen LogP contribution in [0.3, 0.4) is 0 Å². The van der Waals surface area contributed by atoms with E-state index in [1.165, 1.54) is 20.2 Å². The van der Waals surface area contributed by atoms with Crippen LogP contribution < -0.4 is 10.1 Å². The molecule has 0 saturated heterocycles. The zero-order chi connectivity index (χ0) is 17.4. The Morgan fingerprint density at radius 2 is 2.00 bits per heavy atom. The minimum absolute atomic E-state index is 0.0131. The summed E-state index contributed by atoms with van der Waals surface area (Å²) in [5.74, 6) is -2.10. The number of benzene rings is 1. The first kappa shape index (κ1) is 18.7. The minimum atomic E-state index is -0.799. The molecule has 0 bridgehead atoms. The topological polar surface area (TPSA) is 84.9 Å². The number of halogens is 2. The van der Waals surface area contributed by atoms with E-state index in [1.54, 1.807) is 0 Å². The maximum Gasteiger partial charge on any atom is 0.344 e. The molecule has 1 aromatic rings. The van der Waals surface area contributed by atoms with Gasteiger partial charge in [0.15, 0.2) is 13.2 Å². The number of carbonyl (C=O) groups excluding carboxylic acids is 3. The van der Waals surface area contributed by atoms with Crippen molar-refractivity contribution in [3.63, 3.8) is 0 Å². The Bertz CT molecular complexity index is 597. The summed E-state index contributed by atoms with van der Waals surface area (Å²) in [5.41, 5.74) is 0. The zero-order valence-electron chi connectivity index (χ0n) is 12.6. The van der Waals surface area contributed by atoms with Gasteiger partial charge in [0, 0.05) is 14.1 Å². The Morgan fingerprint density at radius 1 is 1.30 bits per heavy atom. The molecule has 126 valence electrons. The van der Waals surface area contributed by atoms with Crippen LogP contribution in [-0.4, -0.2) is 56.5 Å². The molecule has 0 radical (unpaired) electrons. The monoisotopic (exact) mass is 346 g/mol. The van der Waals surface area contributed by atoms with Gasteiger partial charge in [0.25, 0.3) is 5.91 Å². The number of ether oxygens (including phenoxy) is 2. The second-order valence-electron chi connectivity index (χ2n) is 4.45. The van der Waals surface area contributed by atoms with E-state index in [2.05, 4.69) is 5.32 Å². The first-order chi connectivity index (χ1) is 10.8. The van der Waals surface area contributed by atoms with E-state index < -0.39 is 30.9 Å². The first-order valence-electron chi connectivity index (χ1n) is 6.51. The van der Waals surface area contributed by atoms with Crippen LogP contribution in [0.1, 0.15) is 0 Å². The highest BCUT2D eigenvalue weighted by atomic mass is 35.5. The number of hydrogen-bond donors (Lipinski definition) is 1. The molecule has 0 fully saturated rings. The van der Waals surface area contributed by atoms with Crippen LogP contribution in [0.25, 0.3) is 0 Å². The van der Waals surface area contributed by atoms with E-state index in [4.69, 9.17) is 21.1 Å². The molecule has 0 aliphatic rings. The summed E-state index contributed by atoms with van der Waals surface area (Å²) in [4.78, 5) is 35.3. The van der Waals surface area contributed by atoms with Gasteiger partial charge in [0.2, 0.25) is 5.91 Å². The van der Waals surface area contributed by atoms with Crippen LogP contribution in [0.2, 0.25) is 5.02 Å². The van der Waals surface area contributed by atoms with Crippen LogP contribution in [0, 0.1) is 5.82 Å². The average Bonchev–Trinajstić information content (AvgIpc) is 2.51. The fraction of sp³-hybridized carbons (Fsp3) is 0.357. The lowest BCUT2D eigenvalue weighted by Crippen LogP contribution is -2.39. The molecule has 0 atom stereocenters. The summed E-state index contributed by atoms with van der Waals surface area (Å²) in [7, 11) is 2.85. The van der Waals surface area contributed by atoms with Gasteiger partial charge in [0.1, 0.15) is 11.6 Å². The van der Waals surface area contributed by atoms with Gasteiger partial charge in [-0.25, -0.2) is 9.18 Å². The molecule has 0 spiro atoms. The van der Waals surface area contributed by atoms with E-state index in [0.717, 1.165) is 17.0 Å². The van der Waals surface area contributed by atoms with Gasteiger partial charge in [-0.15, -0.1) is 0 Å². The third-order valence-electron chi connectivity index (χ3n) is 2.68. The van der Waals surface area contributed by atoms with Crippen molar-refractivity contribution in [2.24, 2.45) is 0 Å². The number of nitrogens with zero attached hydrogens (tertiary/aromatic N) is 1. The number of carbonyl (C=O) groups is 3. The van der Waals surface area contributed by atoms with E-state index in [1.807, 2.05) is 0 Å². The molecular weight excluding hydrogens is 331 g/mol. The number of hydrogen-bond acceptors (Lipinski definition) is 5. The number of rotatable bonds is 7. The van der Waals surface area contributed by atoms with Gasteiger partial charge in [-0.2, -0.15) is 0 Å². The van der Waals surface area contributed by atoms with E-state index >= 15 is 0 Å². The summed E-state index contributed by atoms with van der Waals surface area (Å²) in [6, 6.07) is 3.44. The quantitative estimate of drug-likeness (QED) is 0.731. The van der Waals surface area contributed by atoms with Crippen molar-refractivity contribution in [1.29, 1.82) is 0 Å². The lowest BCUT2D eigenvalue weighted by molar-refractivity contribution is -0.153. The van der Waals surface area contributed by atoms with Crippen LogP contribution in [0.4, 0.5) is 4.39 Å². The normalized spacial score (nSPS) is 9.91. The highest BCUT2D eigenvalue weighted by molar-refractivity contribution is 6.32. The summed E-state index contributed by atoms with van der Waals surface area (Å²) in [5, 5.41) is 2.38. The molecule has 0 heterocycles. The molecule has 0 saturated carbocycles. The van der Waals surface area contributed by atoms with Crippen molar-refractivity contribution >= 4 is 29.4 Å². The molecule has 0 aliphatic carbocycles. The second kappa shape index (κ2) is 8.94. The number of nitrogens with one attached hydrogen (secondary N) is 1. The number of esters is 1. The number of amides is 2.